The Morgan fingerprint density at radius 3 is 1.91 bits per heavy atom. The number of hydrogen-bond acceptors (Lipinski definition) is 8. The van der Waals surface area contributed by atoms with Crippen LogP contribution in [0.5, 0.6) is 5.75 Å². The molecule has 0 radical (unpaired) electrons. The fourth-order valence-corrected chi connectivity index (χ4v) is 4.43. The van der Waals surface area contributed by atoms with E-state index in [9.17, 15) is 14.3 Å². The second-order valence-corrected chi connectivity index (χ2v) is 11.5. The van der Waals surface area contributed by atoms with E-state index in [2.05, 4.69) is 67.7 Å². The van der Waals surface area contributed by atoms with Gasteiger partial charge in [-0.3, -0.25) is 13.8 Å². The molecular weight excluding hydrogens is 605 g/mol. The van der Waals surface area contributed by atoms with Gasteiger partial charge in [0.05, 0.1) is 26.4 Å². The Hall–Kier alpha value is -3.04. The van der Waals surface area contributed by atoms with Crippen LogP contribution < -0.4 is 10.5 Å². The van der Waals surface area contributed by atoms with Crippen LogP contribution in [0, 0.1) is 0 Å². The predicted molar refractivity (Wildman–Crippen MR) is 185 cm³/mol. The Balaban J connectivity index is 2.28. The molecule has 1 aromatic carbocycles. The van der Waals surface area contributed by atoms with Crippen molar-refractivity contribution in [2.75, 3.05) is 39.6 Å². The molecular formula is C36H54NO8P. The number of esters is 1. The third-order valence-electron chi connectivity index (χ3n) is 5.95. The summed E-state index contributed by atoms with van der Waals surface area (Å²) in [7, 11) is -4.32. The molecule has 1 unspecified atom stereocenters. The minimum atomic E-state index is -4.32. The van der Waals surface area contributed by atoms with Gasteiger partial charge in [0.25, 0.3) is 0 Å². The van der Waals surface area contributed by atoms with Crippen molar-refractivity contribution >= 4 is 13.8 Å². The van der Waals surface area contributed by atoms with Gasteiger partial charge in [-0.15, -0.1) is 0 Å². The first-order valence-electron chi connectivity index (χ1n) is 16.1. The highest BCUT2D eigenvalue weighted by Gasteiger charge is 2.25. The number of hydrogen-bond donors (Lipinski definition) is 2. The van der Waals surface area contributed by atoms with Crippen LogP contribution in [0.15, 0.2) is 103 Å². The average molecular weight is 660 g/mol. The smallest absolute Gasteiger partial charge is 0.472 e. The lowest BCUT2D eigenvalue weighted by Gasteiger charge is -2.20. The average Bonchev–Trinajstić information content (AvgIpc) is 3.05. The van der Waals surface area contributed by atoms with E-state index >= 15 is 0 Å². The highest BCUT2D eigenvalue weighted by atomic mass is 31.2. The molecule has 1 aromatic rings. The number of phosphoric acid groups is 1. The number of rotatable bonds is 28. The summed E-state index contributed by atoms with van der Waals surface area (Å²) < 4.78 is 38.5. The van der Waals surface area contributed by atoms with Crippen molar-refractivity contribution in [1.29, 1.82) is 0 Å². The summed E-state index contributed by atoms with van der Waals surface area (Å²) in [6.07, 6.45) is 31.6. The third-order valence-corrected chi connectivity index (χ3v) is 6.94. The van der Waals surface area contributed by atoms with Crippen molar-refractivity contribution in [3.8, 4) is 5.75 Å². The standard InChI is InChI=1S/C36H54NO8P/c1-2-3-4-5-6-7-8-9-10-11-12-13-14-15-16-17-18-19-23-27-36(38)45-35(33-44-46(39,40)43-31-28-37)32-41-29-24-30-42-34-25-21-20-22-26-34/h3-4,6-7,9-10,12-13,15-16,18-22,25-26,35H,2,5,8,11,14,17,23-24,27-33,37H2,1H3,(H,39,40)/b4-3-,7-6-,10-9-,13-12-,16-15-,19-18-/t35-/m0/s1. The third kappa shape index (κ3) is 26.2. The summed E-state index contributed by atoms with van der Waals surface area (Å²) in [5.74, 6) is 0.311. The van der Waals surface area contributed by atoms with Crippen LogP contribution in [0.25, 0.3) is 0 Å². The second-order valence-electron chi connectivity index (χ2n) is 10.0. The topological polar surface area (TPSA) is 127 Å². The van der Waals surface area contributed by atoms with Crippen LogP contribution in [0.1, 0.15) is 64.7 Å². The van der Waals surface area contributed by atoms with Gasteiger partial charge >= 0.3 is 13.8 Å². The van der Waals surface area contributed by atoms with E-state index in [0.29, 0.717) is 26.1 Å². The fraction of sp³-hybridized carbons (Fsp3) is 0.472. The molecule has 256 valence electrons. The number of para-hydroxylation sites is 1. The number of carbonyl (C=O) groups is 1. The Morgan fingerprint density at radius 2 is 1.35 bits per heavy atom. The summed E-state index contributed by atoms with van der Waals surface area (Å²) >= 11 is 0. The van der Waals surface area contributed by atoms with Crippen molar-refractivity contribution in [3.05, 3.63) is 103 Å². The number of ether oxygens (including phenoxy) is 3. The first-order chi connectivity index (χ1) is 22.5. The second kappa shape index (κ2) is 29.4. The summed E-state index contributed by atoms with van der Waals surface area (Å²) in [6, 6.07) is 9.44. The number of benzene rings is 1. The SMILES string of the molecule is CC/C=C\C/C=C\C/C=C\C/C=C\C/C=C\C/C=C\CCC(=O)O[C@@H](COCCCOc1ccccc1)COP(=O)(O)OCCN. The molecule has 9 nitrogen and oxygen atoms in total. The van der Waals surface area contributed by atoms with Crippen molar-refractivity contribution in [2.24, 2.45) is 5.73 Å². The zero-order chi connectivity index (χ0) is 33.4. The van der Waals surface area contributed by atoms with E-state index < -0.39 is 19.9 Å². The van der Waals surface area contributed by atoms with Crippen LogP contribution in [-0.4, -0.2) is 56.5 Å². The molecule has 10 heteroatoms. The minimum absolute atomic E-state index is 0.00607. The maximum absolute atomic E-state index is 12.4. The minimum Gasteiger partial charge on any atom is -0.494 e. The molecule has 1 rings (SSSR count). The predicted octanol–water partition coefficient (Wildman–Crippen LogP) is 7.95. The van der Waals surface area contributed by atoms with Gasteiger partial charge in [-0.05, 0) is 57.1 Å². The fourth-order valence-electron chi connectivity index (χ4n) is 3.67. The Bertz CT molecular complexity index is 1110. The van der Waals surface area contributed by atoms with E-state index in [0.717, 1.165) is 44.3 Å². The van der Waals surface area contributed by atoms with Gasteiger partial charge in [-0.1, -0.05) is 98.0 Å². The monoisotopic (exact) mass is 659 g/mol. The normalized spacial score (nSPS) is 14.4. The van der Waals surface area contributed by atoms with Crippen molar-refractivity contribution in [2.45, 2.75) is 70.8 Å². The summed E-state index contributed by atoms with van der Waals surface area (Å²) in [4.78, 5) is 22.2. The summed E-state index contributed by atoms with van der Waals surface area (Å²) in [6.45, 7) is 2.50. The molecule has 0 heterocycles. The molecule has 0 amide bonds. The zero-order valence-corrected chi connectivity index (χ0v) is 28.2. The van der Waals surface area contributed by atoms with Crippen LogP contribution in [0.3, 0.4) is 0 Å². The van der Waals surface area contributed by atoms with Crippen LogP contribution in [0.2, 0.25) is 0 Å². The molecule has 46 heavy (non-hydrogen) atoms. The molecule has 0 aliphatic rings. The zero-order valence-electron chi connectivity index (χ0n) is 27.3. The Morgan fingerprint density at radius 1 is 0.783 bits per heavy atom. The van der Waals surface area contributed by atoms with Gasteiger partial charge in [0.2, 0.25) is 0 Å². The van der Waals surface area contributed by atoms with Crippen molar-refractivity contribution in [1.82, 2.24) is 0 Å². The van der Waals surface area contributed by atoms with Crippen LogP contribution in [-0.2, 0) is 27.9 Å². The van der Waals surface area contributed by atoms with E-state index in [1.54, 1.807) is 0 Å². The molecule has 0 aliphatic heterocycles. The van der Waals surface area contributed by atoms with Gasteiger partial charge in [0, 0.05) is 26.0 Å². The maximum Gasteiger partial charge on any atom is 0.472 e. The largest absolute Gasteiger partial charge is 0.494 e. The Kier molecular flexibility index (Phi) is 26.2. The van der Waals surface area contributed by atoms with Gasteiger partial charge in [0.1, 0.15) is 11.9 Å². The quantitative estimate of drug-likeness (QED) is 0.0399. The van der Waals surface area contributed by atoms with Crippen LogP contribution >= 0.6 is 7.82 Å². The number of carbonyl (C=O) groups excluding carboxylic acids is 1. The summed E-state index contributed by atoms with van der Waals surface area (Å²) in [5.41, 5.74) is 5.31. The van der Waals surface area contributed by atoms with Gasteiger partial charge in [0.15, 0.2) is 0 Å². The maximum atomic E-state index is 12.4. The lowest BCUT2D eigenvalue weighted by atomic mass is 10.2. The first kappa shape index (κ1) is 41.0. The van der Waals surface area contributed by atoms with Gasteiger partial charge in [-0.2, -0.15) is 0 Å². The van der Waals surface area contributed by atoms with E-state index in [-0.39, 0.29) is 32.8 Å². The first-order valence-corrected chi connectivity index (χ1v) is 17.6. The van der Waals surface area contributed by atoms with E-state index in [1.807, 2.05) is 42.5 Å². The highest BCUT2D eigenvalue weighted by Crippen LogP contribution is 2.43. The molecule has 0 fully saturated rings. The number of nitrogens with two attached hydrogens (primary N) is 1. The molecule has 0 aliphatic carbocycles. The van der Waals surface area contributed by atoms with Crippen molar-refractivity contribution in [3.63, 3.8) is 0 Å². The number of phosphoric ester groups is 1. The molecule has 0 aromatic heterocycles. The highest BCUT2D eigenvalue weighted by molar-refractivity contribution is 7.47. The molecule has 0 saturated heterocycles. The van der Waals surface area contributed by atoms with Crippen molar-refractivity contribution < 1.29 is 37.5 Å². The van der Waals surface area contributed by atoms with Gasteiger partial charge < -0.3 is 24.8 Å². The summed E-state index contributed by atoms with van der Waals surface area (Å²) in [5, 5.41) is 0. The number of allylic oxidation sites excluding steroid dienone is 12. The lowest BCUT2D eigenvalue weighted by molar-refractivity contribution is -0.154. The molecule has 2 atom stereocenters. The Labute approximate surface area is 276 Å². The molecule has 3 N–H and O–H groups in total. The van der Waals surface area contributed by atoms with E-state index in [1.165, 1.54) is 0 Å². The molecule has 0 saturated carbocycles. The molecule has 0 bridgehead atoms. The lowest BCUT2D eigenvalue weighted by Crippen LogP contribution is -2.28. The van der Waals surface area contributed by atoms with Gasteiger partial charge in [-0.25, -0.2) is 4.57 Å². The van der Waals surface area contributed by atoms with E-state index in [4.69, 9.17) is 29.0 Å². The van der Waals surface area contributed by atoms with Crippen LogP contribution in [0.4, 0.5) is 0 Å². The molecule has 0 spiro atoms.